The Morgan fingerprint density at radius 3 is 2.67 bits per heavy atom. The second-order valence-electron chi connectivity index (χ2n) is 5.63. The van der Waals surface area contributed by atoms with Gasteiger partial charge in [0.2, 0.25) is 0 Å². The highest BCUT2D eigenvalue weighted by Crippen LogP contribution is 2.33. The minimum absolute atomic E-state index is 0.0124. The molecule has 1 amide bonds. The van der Waals surface area contributed by atoms with Crippen molar-refractivity contribution in [2.45, 2.75) is 44.1 Å². The number of thiophene rings is 2. The van der Waals surface area contributed by atoms with E-state index in [1.54, 1.807) is 11.3 Å². The molecule has 0 spiro atoms. The first-order valence-corrected chi connectivity index (χ1v) is 8.79. The summed E-state index contributed by atoms with van der Waals surface area (Å²) in [6.07, 6.45) is 4.60. The molecule has 3 rings (SSSR count). The van der Waals surface area contributed by atoms with E-state index in [0.717, 1.165) is 41.5 Å². The van der Waals surface area contributed by atoms with Crippen molar-refractivity contribution in [1.29, 1.82) is 0 Å². The molecule has 2 aromatic heterocycles. The molecule has 0 atom stereocenters. The number of carboxylic acids is 1. The van der Waals surface area contributed by atoms with Crippen LogP contribution in [0.25, 0.3) is 9.40 Å². The highest BCUT2D eigenvalue weighted by molar-refractivity contribution is 7.27. The van der Waals surface area contributed by atoms with Gasteiger partial charge in [0, 0.05) is 9.40 Å². The van der Waals surface area contributed by atoms with Crippen LogP contribution in [-0.4, -0.2) is 22.5 Å². The molecule has 2 N–H and O–H groups in total. The van der Waals surface area contributed by atoms with E-state index >= 15 is 0 Å². The molecule has 6 heteroatoms. The van der Waals surface area contributed by atoms with Gasteiger partial charge in [-0.15, -0.1) is 22.7 Å². The lowest BCUT2D eigenvalue weighted by molar-refractivity contribution is -0.139. The van der Waals surface area contributed by atoms with Crippen LogP contribution < -0.4 is 5.32 Å². The maximum Gasteiger partial charge on any atom is 0.305 e. The monoisotopic (exact) mass is 323 g/mol. The molecular weight excluding hydrogens is 306 g/mol. The van der Waals surface area contributed by atoms with Gasteiger partial charge in [-0.05, 0) is 30.4 Å². The van der Waals surface area contributed by atoms with Gasteiger partial charge in [-0.3, -0.25) is 9.59 Å². The first-order valence-electron chi connectivity index (χ1n) is 7.09. The predicted octanol–water partition coefficient (Wildman–Crippen LogP) is 3.87. The summed E-state index contributed by atoms with van der Waals surface area (Å²) < 4.78 is 2.22. The van der Waals surface area contributed by atoms with Crippen molar-refractivity contribution in [2.24, 2.45) is 0 Å². The fourth-order valence-corrected chi connectivity index (χ4v) is 5.05. The lowest BCUT2D eigenvalue weighted by Gasteiger charge is -2.36. The van der Waals surface area contributed by atoms with Crippen LogP contribution in [0.1, 0.15) is 48.2 Å². The van der Waals surface area contributed by atoms with Crippen molar-refractivity contribution in [1.82, 2.24) is 5.32 Å². The van der Waals surface area contributed by atoms with Gasteiger partial charge in [0.25, 0.3) is 5.91 Å². The molecule has 1 aliphatic carbocycles. The highest BCUT2D eigenvalue weighted by atomic mass is 32.1. The number of rotatable bonds is 4. The number of hydrogen-bond acceptors (Lipinski definition) is 4. The largest absolute Gasteiger partial charge is 0.481 e. The minimum Gasteiger partial charge on any atom is -0.481 e. The summed E-state index contributed by atoms with van der Waals surface area (Å²) in [4.78, 5) is 24.3. The normalized spacial score (nSPS) is 17.7. The molecule has 112 valence electrons. The van der Waals surface area contributed by atoms with E-state index in [4.69, 9.17) is 5.11 Å². The Morgan fingerprint density at radius 1 is 1.24 bits per heavy atom. The van der Waals surface area contributed by atoms with E-state index < -0.39 is 11.5 Å². The fourth-order valence-electron chi connectivity index (χ4n) is 3.04. The molecule has 21 heavy (non-hydrogen) atoms. The quantitative estimate of drug-likeness (QED) is 0.897. The number of amides is 1. The number of carbonyl (C=O) groups excluding carboxylic acids is 1. The summed E-state index contributed by atoms with van der Waals surface area (Å²) in [5.74, 6) is -0.976. The molecule has 0 radical (unpaired) electrons. The Labute approximate surface area is 130 Å². The zero-order chi connectivity index (χ0) is 14.9. The third kappa shape index (κ3) is 3.11. The molecule has 2 aromatic rings. The van der Waals surface area contributed by atoms with E-state index in [2.05, 4.69) is 5.32 Å². The van der Waals surface area contributed by atoms with Crippen LogP contribution in [0.3, 0.4) is 0 Å². The number of fused-ring (bicyclic) bond motifs is 1. The number of nitrogens with one attached hydrogen (secondary N) is 1. The average molecular weight is 323 g/mol. The Bertz CT molecular complexity index is 639. The highest BCUT2D eigenvalue weighted by Gasteiger charge is 2.36. The van der Waals surface area contributed by atoms with Crippen LogP contribution in [0.15, 0.2) is 17.5 Å². The van der Waals surface area contributed by atoms with Gasteiger partial charge >= 0.3 is 5.97 Å². The van der Waals surface area contributed by atoms with Crippen LogP contribution >= 0.6 is 22.7 Å². The van der Waals surface area contributed by atoms with Crippen molar-refractivity contribution >= 4 is 43.9 Å². The first-order chi connectivity index (χ1) is 10.1. The van der Waals surface area contributed by atoms with Crippen molar-refractivity contribution < 1.29 is 14.7 Å². The second kappa shape index (κ2) is 5.77. The average Bonchev–Trinajstić information content (AvgIpc) is 2.99. The van der Waals surface area contributed by atoms with Crippen molar-refractivity contribution in [3.05, 3.63) is 22.4 Å². The third-order valence-corrected chi connectivity index (χ3v) is 6.13. The summed E-state index contributed by atoms with van der Waals surface area (Å²) in [5.41, 5.74) is -0.571. The van der Waals surface area contributed by atoms with Gasteiger partial charge in [-0.25, -0.2) is 0 Å². The number of aliphatic carboxylic acids is 1. The first kappa shape index (κ1) is 14.5. The summed E-state index contributed by atoms with van der Waals surface area (Å²) in [6, 6.07) is 3.91. The SMILES string of the molecule is O=C(O)CC1(NC(=O)c2cc3sccc3s2)CCCCC1. The van der Waals surface area contributed by atoms with E-state index in [1.807, 2.05) is 17.5 Å². The fraction of sp³-hybridized carbons (Fsp3) is 0.467. The van der Waals surface area contributed by atoms with Gasteiger partial charge in [0.15, 0.2) is 0 Å². The van der Waals surface area contributed by atoms with Crippen molar-refractivity contribution in [3.63, 3.8) is 0 Å². The zero-order valence-electron chi connectivity index (χ0n) is 11.6. The summed E-state index contributed by atoms with van der Waals surface area (Å²) in [6.45, 7) is 0. The summed E-state index contributed by atoms with van der Waals surface area (Å²) >= 11 is 3.09. The summed E-state index contributed by atoms with van der Waals surface area (Å²) in [7, 11) is 0. The predicted molar refractivity (Wildman–Crippen MR) is 85.2 cm³/mol. The van der Waals surface area contributed by atoms with Gasteiger partial charge in [0.05, 0.1) is 16.8 Å². The molecule has 0 aromatic carbocycles. The third-order valence-electron chi connectivity index (χ3n) is 4.04. The number of carboxylic acid groups (broad SMARTS) is 1. The standard InChI is InChI=1S/C15H17NO3S2/c17-13(18)9-15(5-2-1-3-6-15)16-14(19)12-8-11-10(21-12)4-7-20-11/h4,7-8H,1-3,5-6,9H2,(H,16,19)(H,17,18). The second-order valence-corrected chi connectivity index (χ2v) is 7.66. The summed E-state index contributed by atoms with van der Waals surface area (Å²) in [5, 5.41) is 14.2. The van der Waals surface area contributed by atoms with Crippen molar-refractivity contribution in [2.75, 3.05) is 0 Å². The van der Waals surface area contributed by atoms with E-state index in [1.165, 1.54) is 11.3 Å². The lowest BCUT2D eigenvalue weighted by Crippen LogP contribution is -2.50. The molecule has 0 aliphatic heterocycles. The molecule has 0 saturated heterocycles. The molecule has 4 nitrogen and oxygen atoms in total. The Balaban J connectivity index is 1.79. The lowest BCUT2D eigenvalue weighted by atomic mass is 9.79. The maximum atomic E-state index is 12.5. The number of hydrogen-bond donors (Lipinski definition) is 2. The van der Waals surface area contributed by atoms with Gasteiger partial charge < -0.3 is 10.4 Å². The minimum atomic E-state index is -0.843. The molecular formula is C15H17NO3S2. The Kier molecular flexibility index (Phi) is 3.99. The van der Waals surface area contributed by atoms with Crippen molar-refractivity contribution in [3.8, 4) is 0 Å². The molecule has 1 saturated carbocycles. The van der Waals surface area contributed by atoms with Crippen LogP contribution in [0.2, 0.25) is 0 Å². The zero-order valence-corrected chi connectivity index (χ0v) is 13.2. The van der Waals surface area contributed by atoms with Gasteiger partial charge in [-0.2, -0.15) is 0 Å². The van der Waals surface area contributed by atoms with E-state index in [9.17, 15) is 9.59 Å². The molecule has 2 heterocycles. The van der Waals surface area contributed by atoms with Gasteiger partial charge in [-0.1, -0.05) is 19.3 Å². The maximum absolute atomic E-state index is 12.5. The van der Waals surface area contributed by atoms with E-state index in [0.29, 0.717) is 4.88 Å². The number of carbonyl (C=O) groups is 2. The van der Waals surface area contributed by atoms with Crippen LogP contribution in [0, 0.1) is 0 Å². The smallest absolute Gasteiger partial charge is 0.305 e. The Morgan fingerprint density at radius 2 is 2.00 bits per heavy atom. The van der Waals surface area contributed by atoms with E-state index in [-0.39, 0.29) is 12.3 Å². The molecule has 0 unspecified atom stereocenters. The van der Waals surface area contributed by atoms with Crippen LogP contribution in [0.5, 0.6) is 0 Å². The van der Waals surface area contributed by atoms with Crippen LogP contribution in [-0.2, 0) is 4.79 Å². The molecule has 1 aliphatic rings. The molecule has 1 fully saturated rings. The Hall–Kier alpha value is -1.40. The van der Waals surface area contributed by atoms with Gasteiger partial charge in [0.1, 0.15) is 0 Å². The molecule has 0 bridgehead atoms. The van der Waals surface area contributed by atoms with Crippen LogP contribution in [0.4, 0.5) is 0 Å². The topological polar surface area (TPSA) is 66.4 Å².